The lowest BCUT2D eigenvalue weighted by Gasteiger charge is -2.11. The monoisotopic (exact) mass is 442 g/mol. The lowest BCUT2D eigenvalue weighted by Crippen LogP contribution is -2.17. The third-order valence-electron chi connectivity index (χ3n) is 5.03. The Bertz CT molecular complexity index is 1390. The fourth-order valence-corrected chi connectivity index (χ4v) is 3.75. The van der Waals surface area contributed by atoms with E-state index in [4.69, 9.17) is 30.0 Å². The minimum atomic E-state index is -0.664. The van der Waals surface area contributed by atoms with Crippen molar-refractivity contribution < 1.29 is 18.4 Å². The second-order valence-electron chi connectivity index (χ2n) is 6.81. The molecule has 0 fully saturated rings. The molecule has 0 aliphatic carbocycles. The molecule has 0 saturated carbocycles. The van der Waals surface area contributed by atoms with Crippen LogP contribution in [0.4, 0.5) is 0 Å². The zero-order valence-electron chi connectivity index (χ0n) is 17.1. The third-order valence-corrected chi connectivity index (χ3v) is 5.39. The Morgan fingerprint density at radius 2 is 1.81 bits per heavy atom. The highest BCUT2D eigenvalue weighted by molar-refractivity contribution is 6.32. The molecule has 0 atom stereocenters. The van der Waals surface area contributed by atoms with Crippen LogP contribution < -0.4 is 20.9 Å². The van der Waals surface area contributed by atoms with Gasteiger partial charge in [0.25, 0.3) is 0 Å². The van der Waals surface area contributed by atoms with Crippen LogP contribution in [0.3, 0.4) is 0 Å². The maximum Gasteiger partial charge on any atom is 0.442 e. The molecule has 4 rings (SSSR count). The van der Waals surface area contributed by atoms with E-state index in [1.54, 1.807) is 30.3 Å². The number of nitrogens with zero attached hydrogens (tertiary/aromatic N) is 2. The molecule has 0 N–H and O–H groups in total. The molecule has 4 aromatic rings. The van der Waals surface area contributed by atoms with Crippen molar-refractivity contribution in [2.75, 3.05) is 14.2 Å². The minimum absolute atomic E-state index is 0.0376. The summed E-state index contributed by atoms with van der Waals surface area (Å²) < 4.78 is 22.2. The topological polar surface area (TPSA) is 96.7 Å². The lowest BCUT2D eigenvalue weighted by atomic mass is 10.1. The van der Waals surface area contributed by atoms with Gasteiger partial charge in [-0.1, -0.05) is 23.7 Å². The fourth-order valence-electron chi connectivity index (χ4n) is 3.45. The molecule has 2 heterocycles. The Hall–Kier alpha value is -3.52. The summed E-state index contributed by atoms with van der Waals surface area (Å²) in [5.74, 6) is 0.634. The van der Waals surface area contributed by atoms with E-state index in [2.05, 4.69) is 5.16 Å². The van der Waals surface area contributed by atoms with E-state index in [-0.39, 0.29) is 12.4 Å². The number of benzene rings is 2. The van der Waals surface area contributed by atoms with Crippen molar-refractivity contribution in [3.05, 3.63) is 73.5 Å². The van der Waals surface area contributed by atoms with Crippen molar-refractivity contribution in [1.29, 1.82) is 0 Å². The van der Waals surface area contributed by atoms with Crippen LogP contribution >= 0.6 is 11.6 Å². The van der Waals surface area contributed by atoms with Gasteiger partial charge in [0.15, 0.2) is 17.3 Å². The average molecular weight is 443 g/mol. The molecule has 0 unspecified atom stereocenters. The van der Waals surface area contributed by atoms with E-state index < -0.39 is 11.4 Å². The van der Waals surface area contributed by atoms with E-state index >= 15 is 0 Å². The van der Waals surface area contributed by atoms with Gasteiger partial charge in [-0.25, -0.2) is 9.59 Å². The predicted molar refractivity (Wildman–Crippen MR) is 115 cm³/mol. The van der Waals surface area contributed by atoms with Crippen LogP contribution in [-0.4, -0.2) is 23.9 Å². The highest BCUT2D eigenvalue weighted by atomic mass is 35.5. The van der Waals surface area contributed by atoms with Gasteiger partial charge in [-0.05, 0) is 47.9 Å². The first kappa shape index (κ1) is 20.7. The van der Waals surface area contributed by atoms with Crippen LogP contribution in [-0.2, 0) is 13.0 Å². The van der Waals surface area contributed by atoms with E-state index in [1.165, 1.54) is 24.9 Å². The van der Waals surface area contributed by atoms with Gasteiger partial charge in [-0.2, -0.15) is 0 Å². The second-order valence-corrected chi connectivity index (χ2v) is 7.22. The molecule has 0 bridgehead atoms. The summed E-state index contributed by atoms with van der Waals surface area (Å²) in [6.07, 6.45) is 0.692. The maximum absolute atomic E-state index is 12.4. The maximum atomic E-state index is 12.4. The van der Waals surface area contributed by atoms with Gasteiger partial charge in [-0.15, -0.1) is 0 Å². The molecule has 0 saturated heterocycles. The summed E-state index contributed by atoms with van der Waals surface area (Å²) in [5.41, 5.74) is 1.89. The van der Waals surface area contributed by atoms with Gasteiger partial charge >= 0.3 is 11.4 Å². The Labute approximate surface area is 181 Å². The first-order valence-corrected chi connectivity index (χ1v) is 9.87. The number of rotatable bonds is 6. The minimum Gasteiger partial charge on any atom is -0.493 e. The quantitative estimate of drug-likeness (QED) is 0.418. The summed E-state index contributed by atoms with van der Waals surface area (Å²) in [4.78, 5) is 24.6. The first-order chi connectivity index (χ1) is 14.9. The Balaban J connectivity index is 1.85. The number of aromatic nitrogens is 2. The normalized spacial score (nSPS) is 11.1. The van der Waals surface area contributed by atoms with Crippen molar-refractivity contribution in [3.8, 4) is 22.9 Å². The number of methoxy groups -OCH3 is 2. The second kappa shape index (κ2) is 8.31. The predicted octanol–water partition coefficient (Wildman–Crippen LogP) is 3.89. The van der Waals surface area contributed by atoms with Gasteiger partial charge in [0.2, 0.25) is 0 Å². The smallest absolute Gasteiger partial charge is 0.442 e. The van der Waals surface area contributed by atoms with Crippen molar-refractivity contribution >= 4 is 22.6 Å². The van der Waals surface area contributed by atoms with Crippen molar-refractivity contribution in [2.24, 2.45) is 0 Å². The largest absolute Gasteiger partial charge is 0.493 e. The van der Waals surface area contributed by atoms with Crippen LogP contribution in [0.25, 0.3) is 22.4 Å². The Morgan fingerprint density at radius 3 is 2.52 bits per heavy atom. The summed E-state index contributed by atoms with van der Waals surface area (Å²) >= 11 is 6.37. The standard InChI is InChI=1S/C22H19ClN2O6/c1-4-12-7-18-15(10-16(12)23)14(9-20(26)30-18)11-25-21(24-31-22(25)27)13-5-6-17(28-2)19(8-13)29-3/h5-10H,4,11H2,1-3H3. The van der Waals surface area contributed by atoms with Crippen molar-refractivity contribution in [3.63, 3.8) is 0 Å². The Kier molecular flexibility index (Phi) is 5.56. The summed E-state index contributed by atoms with van der Waals surface area (Å²) in [7, 11) is 3.05. The van der Waals surface area contributed by atoms with E-state index in [0.29, 0.717) is 45.0 Å². The van der Waals surface area contributed by atoms with E-state index in [9.17, 15) is 9.59 Å². The highest BCUT2D eigenvalue weighted by Gasteiger charge is 2.18. The van der Waals surface area contributed by atoms with Crippen LogP contribution in [0.5, 0.6) is 11.5 Å². The molecule has 0 aliphatic heterocycles. The number of halogens is 1. The van der Waals surface area contributed by atoms with Crippen LogP contribution in [0.15, 0.2) is 54.9 Å². The molecule has 0 aliphatic rings. The van der Waals surface area contributed by atoms with Crippen molar-refractivity contribution in [1.82, 2.24) is 9.72 Å². The number of hydrogen-bond donors (Lipinski definition) is 0. The molecule has 0 radical (unpaired) electrons. The molecular weight excluding hydrogens is 424 g/mol. The number of aryl methyl sites for hydroxylation is 1. The zero-order chi connectivity index (χ0) is 22.1. The van der Waals surface area contributed by atoms with Crippen LogP contribution in [0, 0.1) is 0 Å². The molecule has 160 valence electrons. The zero-order valence-corrected chi connectivity index (χ0v) is 17.9. The van der Waals surface area contributed by atoms with Gasteiger partial charge in [0, 0.05) is 22.0 Å². The number of hydrogen-bond acceptors (Lipinski definition) is 7. The molecule has 8 nitrogen and oxygen atoms in total. The fraction of sp³-hybridized carbons (Fsp3) is 0.227. The molecular formula is C22H19ClN2O6. The molecule has 2 aromatic heterocycles. The summed E-state index contributed by atoms with van der Waals surface area (Å²) in [6, 6.07) is 9.95. The Morgan fingerprint density at radius 1 is 1.03 bits per heavy atom. The SMILES string of the molecule is CCc1cc2oc(=O)cc(Cn3c(-c4ccc(OC)c(OC)c4)noc3=O)c2cc1Cl. The third kappa shape index (κ3) is 3.82. The average Bonchev–Trinajstić information content (AvgIpc) is 3.13. The molecule has 0 spiro atoms. The first-order valence-electron chi connectivity index (χ1n) is 9.49. The number of ether oxygens (including phenoxy) is 2. The van der Waals surface area contributed by atoms with Crippen LogP contribution in [0.2, 0.25) is 5.02 Å². The molecule has 31 heavy (non-hydrogen) atoms. The molecule has 2 aromatic carbocycles. The molecule has 0 amide bonds. The lowest BCUT2D eigenvalue weighted by molar-refractivity contribution is 0.355. The van der Waals surface area contributed by atoms with Gasteiger partial charge in [-0.3, -0.25) is 9.09 Å². The number of fused-ring (bicyclic) bond motifs is 1. The van der Waals surface area contributed by atoms with Gasteiger partial charge < -0.3 is 13.9 Å². The summed E-state index contributed by atoms with van der Waals surface area (Å²) in [5, 5.41) is 5.10. The van der Waals surface area contributed by atoms with E-state index in [0.717, 1.165) is 5.56 Å². The van der Waals surface area contributed by atoms with Crippen LogP contribution in [0.1, 0.15) is 18.1 Å². The van der Waals surface area contributed by atoms with Crippen molar-refractivity contribution in [2.45, 2.75) is 19.9 Å². The summed E-state index contributed by atoms with van der Waals surface area (Å²) in [6.45, 7) is 2.00. The highest BCUT2D eigenvalue weighted by Crippen LogP contribution is 2.32. The van der Waals surface area contributed by atoms with E-state index in [1.807, 2.05) is 6.92 Å². The van der Waals surface area contributed by atoms with Gasteiger partial charge in [0.05, 0.1) is 20.8 Å². The van der Waals surface area contributed by atoms with Gasteiger partial charge in [0.1, 0.15) is 5.58 Å². The molecule has 9 heteroatoms.